The van der Waals surface area contributed by atoms with E-state index in [4.69, 9.17) is 10.5 Å². The summed E-state index contributed by atoms with van der Waals surface area (Å²) >= 11 is 0. The Morgan fingerprint density at radius 3 is 2.29 bits per heavy atom. The second-order valence-electron chi connectivity index (χ2n) is 6.42. The first kappa shape index (κ1) is 17.1. The van der Waals surface area contributed by atoms with E-state index in [1.54, 1.807) is 30.3 Å². The summed E-state index contributed by atoms with van der Waals surface area (Å²) in [5, 5.41) is -0.665. The number of nitrogens with two attached hydrogens (primary N) is 1. The van der Waals surface area contributed by atoms with Crippen LogP contribution in [0.4, 0.5) is 0 Å². The van der Waals surface area contributed by atoms with Gasteiger partial charge in [-0.3, -0.25) is 0 Å². The molecule has 0 amide bonds. The van der Waals surface area contributed by atoms with E-state index in [0.29, 0.717) is 11.5 Å². The molecule has 2 N–H and O–H groups in total. The van der Waals surface area contributed by atoms with Gasteiger partial charge in [0, 0.05) is 12.5 Å². The molecule has 24 heavy (non-hydrogen) atoms. The molecule has 1 aliphatic carbocycles. The van der Waals surface area contributed by atoms with Crippen LogP contribution in [0.2, 0.25) is 0 Å². The highest BCUT2D eigenvalue weighted by Gasteiger charge is 2.69. The lowest BCUT2D eigenvalue weighted by atomic mass is 10.1. The van der Waals surface area contributed by atoms with Gasteiger partial charge in [-0.15, -0.1) is 0 Å². The van der Waals surface area contributed by atoms with E-state index in [1.807, 2.05) is 38.1 Å². The van der Waals surface area contributed by atoms with E-state index in [1.165, 1.54) is 0 Å². The van der Waals surface area contributed by atoms with E-state index in [2.05, 4.69) is 0 Å². The summed E-state index contributed by atoms with van der Waals surface area (Å²) in [7, 11) is -3.52. The average Bonchev–Trinajstić information content (AvgIpc) is 3.21. The van der Waals surface area contributed by atoms with E-state index in [-0.39, 0.29) is 12.5 Å². The first-order valence-electron chi connectivity index (χ1n) is 8.13. The maximum Gasteiger partial charge on any atom is 0.183 e. The van der Waals surface area contributed by atoms with E-state index >= 15 is 0 Å². The van der Waals surface area contributed by atoms with Crippen LogP contribution in [0, 0.1) is 6.92 Å². The minimum Gasteiger partial charge on any atom is -0.380 e. The Morgan fingerprint density at radius 1 is 1.08 bits per heavy atom. The molecule has 0 unspecified atom stereocenters. The smallest absolute Gasteiger partial charge is 0.183 e. The number of hydrogen-bond donors (Lipinski definition) is 1. The van der Waals surface area contributed by atoms with Crippen molar-refractivity contribution in [3.05, 3.63) is 65.7 Å². The van der Waals surface area contributed by atoms with Crippen LogP contribution in [-0.2, 0) is 14.6 Å². The van der Waals surface area contributed by atoms with Gasteiger partial charge in [-0.25, -0.2) is 8.42 Å². The van der Waals surface area contributed by atoms with Gasteiger partial charge >= 0.3 is 0 Å². The molecule has 1 saturated carbocycles. The lowest BCUT2D eigenvalue weighted by molar-refractivity contribution is 0.125. The number of benzene rings is 2. The van der Waals surface area contributed by atoms with Crippen molar-refractivity contribution in [2.24, 2.45) is 5.73 Å². The van der Waals surface area contributed by atoms with Crippen LogP contribution in [0.25, 0.3) is 0 Å². The Morgan fingerprint density at radius 2 is 1.71 bits per heavy atom. The quantitative estimate of drug-likeness (QED) is 0.874. The molecule has 0 aliphatic heterocycles. The molecule has 3 atom stereocenters. The van der Waals surface area contributed by atoms with Gasteiger partial charge in [-0.1, -0.05) is 48.0 Å². The van der Waals surface area contributed by atoms with Gasteiger partial charge in [0.15, 0.2) is 9.84 Å². The highest BCUT2D eigenvalue weighted by atomic mass is 32.2. The molecule has 0 radical (unpaired) electrons. The van der Waals surface area contributed by atoms with Crippen LogP contribution in [0.3, 0.4) is 0 Å². The number of sulfone groups is 1. The molecule has 4 nitrogen and oxygen atoms in total. The summed E-state index contributed by atoms with van der Waals surface area (Å²) in [5.74, 6) is -0.255. The highest BCUT2D eigenvalue weighted by molar-refractivity contribution is 7.92. The minimum atomic E-state index is -3.52. The molecular weight excluding hydrogens is 322 g/mol. The normalized spacial score (nSPS) is 26.3. The zero-order valence-electron chi connectivity index (χ0n) is 14.0. The Hall–Kier alpha value is -1.69. The lowest BCUT2D eigenvalue weighted by Gasteiger charge is -2.12. The third kappa shape index (κ3) is 2.88. The summed E-state index contributed by atoms with van der Waals surface area (Å²) in [5.41, 5.74) is 7.71. The highest BCUT2D eigenvalue weighted by Crippen LogP contribution is 2.55. The first-order chi connectivity index (χ1) is 11.4. The Balaban J connectivity index is 1.99. The molecule has 5 heteroatoms. The minimum absolute atomic E-state index is 0.235. The predicted molar refractivity (Wildman–Crippen MR) is 94.7 cm³/mol. The molecule has 0 spiro atoms. The second-order valence-corrected chi connectivity index (χ2v) is 8.49. The molecule has 3 rings (SSSR count). The maximum absolute atomic E-state index is 13.1. The summed E-state index contributed by atoms with van der Waals surface area (Å²) in [6.45, 7) is 4.63. The van der Waals surface area contributed by atoms with E-state index in [9.17, 15) is 8.42 Å². The van der Waals surface area contributed by atoms with Crippen LogP contribution in [0.15, 0.2) is 59.5 Å². The first-order valence-corrected chi connectivity index (χ1v) is 9.68. The van der Waals surface area contributed by atoms with Crippen molar-refractivity contribution < 1.29 is 13.2 Å². The molecule has 128 valence electrons. The Kier molecular flexibility index (Phi) is 4.51. The van der Waals surface area contributed by atoms with Crippen LogP contribution >= 0.6 is 0 Å². The van der Waals surface area contributed by atoms with E-state index in [0.717, 1.165) is 11.1 Å². The maximum atomic E-state index is 13.1. The Bertz CT molecular complexity index is 802. The SMILES string of the molecule is CCOC[C@]1(N)[C@@H](c2ccc(C)cc2)[C@@H]1S(=O)(=O)c1ccccc1. The number of hydrogen-bond acceptors (Lipinski definition) is 4. The third-order valence-electron chi connectivity index (χ3n) is 4.70. The average molecular weight is 345 g/mol. The summed E-state index contributed by atoms with van der Waals surface area (Å²) < 4.78 is 31.7. The van der Waals surface area contributed by atoms with Gasteiger partial charge in [-0.05, 0) is 31.5 Å². The van der Waals surface area contributed by atoms with Gasteiger partial charge in [0.05, 0.1) is 22.3 Å². The molecular formula is C19H23NO3S. The van der Waals surface area contributed by atoms with Gasteiger partial charge in [0.25, 0.3) is 0 Å². The van der Waals surface area contributed by atoms with Gasteiger partial charge in [0.1, 0.15) is 0 Å². The molecule has 0 heterocycles. The fourth-order valence-corrected chi connectivity index (χ4v) is 5.67. The van der Waals surface area contributed by atoms with Crippen molar-refractivity contribution in [1.82, 2.24) is 0 Å². The predicted octanol–water partition coefficient (Wildman–Crippen LogP) is 2.67. The van der Waals surface area contributed by atoms with Crippen LogP contribution in [0.1, 0.15) is 24.0 Å². The van der Waals surface area contributed by atoms with Crippen molar-refractivity contribution in [1.29, 1.82) is 0 Å². The van der Waals surface area contributed by atoms with Gasteiger partial charge < -0.3 is 10.5 Å². The summed E-state index contributed by atoms with van der Waals surface area (Å²) in [6.07, 6.45) is 0. The summed E-state index contributed by atoms with van der Waals surface area (Å²) in [4.78, 5) is 0.316. The molecule has 2 aromatic carbocycles. The van der Waals surface area contributed by atoms with Crippen LogP contribution in [0.5, 0.6) is 0 Å². The molecule has 0 bridgehead atoms. The van der Waals surface area contributed by atoms with Crippen LogP contribution < -0.4 is 5.73 Å². The van der Waals surface area contributed by atoms with Gasteiger partial charge in [-0.2, -0.15) is 0 Å². The van der Waals surface area contributed by atoms with Crippen molar-refractivity contribution in [3.63, 3.8) is 0 Å². The molecule has 2 aromatic rings. The molecule has 1 aliphatic rings. The number of ether oxygens (including phenoxy) is 1. The Labute approximate surface area is 143 Å². The summed E-state index contributed by atoms with van der Waals surface area (Å²) in [6, 6.07) is 16.4. The zero-order chi connectivity index (χ0) is 17.4. The standard InChI is InChI=1S/C19H23NO3S/c1-3-23-13-19(20)17(15-11-9-14(2)10-12-15)18(19)24(21,22)16-7-5-4-6-8-16/h4-12,17-18H,3,13,20H2,1-2H3/t17-,18-,19-/m0/s1. The monoisotopic (exact) mass is 345 g/mol. The molecule has 0 saturated heterocycles. The van der Waals surface area contributed by atoms with Crippen molar-refractivity contribution >= 4 is 9.84 Å². The van der Waals surface area contributed by atoms with Crippen molar-refractivity contribution in [2.45, 2.75) is 35.4 Å². The van der Waals surface area contributed by atoms with Crippen molar-refractivity contribution in [3.8, 4) is 0 Å². The van der Waals surface area contributed by atoms with E-state index < -0.39 is 20.6 Å². The number of rotatable bonds is 6. The second kappa shape index (κ2) is 6.31. The third-order valence-corrected chi connectivity index (χ3v) is 7.01. The molecule has 0 aromatic heterocycles. The fourth-order valence-electron chi connectivity index (χ4n) is 3.36. The van der Waals surface area contributed by atoms with Crippen molar-refractivity contribution in [2.75, 3.05) is 13.2 Å². The molecule has 1 fully saturated rings. The zero-order valence-corrected chi connectivity index (χ0v) is 14.8. The largest absolute Gasteiger partial charge is 0.380 e. The lowest BCUT2D eigenvalue weighted by Crippen LogP contribution is -2.36. The fraction of sp³-hybridized carbons (Fsp3) is 0.368. The van der Waals surface area contributed by atoms with Gasteiger partial charge in [0.2, 0.25) is 0 Å². The van der Waals surface area contributed by atoms with Crippen LogP contribution in [-0.4, -0.2) is 32.4 Å². The topological polar surface area (TPSA) is 69.4 Å². The number of aryl methyl sites for hydroxylation is 1.